The second-order valence-corrected chi connectivity index (χ2v) is 35.3. The van der Waals surface area contributed by atoms with Crippen LogP contribution in [-0.4, -0.2) is 102 Å². The van der Waals surface area contributed by atoms with Gasteiger partial charge in [0.05, 0.1) is 76.5 Å². The third-order valence-corrected chi connectivity index (χ3v) is 26.4. The number of nitrogens with one attached hydrogen (secondary N) is 3. The molecule has 0 bridgehead atoms. The van der Waals surface area contributed by atoms with Crippen molar-refractivity contribution in [3.63, 3.8) is 0 Å². The summed E-state index contributed by atoms with van der Waals surface area (Å²) in [5.41, 5.74) is 12.1. The number of rotatable bonds is 24. The van der Waals surface area contributed by atoms with Gasteiger partial charge in [-0.25, -0.2) is 25.3 Å². The Kier molecular flexibility index (Phi) is 25.5. The first-order valence-corrected chi connectivity index (χ1v) is 43.3. The molecule has 0 spiro atoms. The molecule has 22 nitrogen and oxygen atoms in total. The van der Waals surface area contributed by atoms with Crippen molar-refractivity contribution in [2.24, 2.45) is 0 Å². The first kappa shape index (κ1) is 80.4. The highest BCUT2D eigenvalue weighted by atomic mass is 79.9. The smallest absolute Gasteiger partial charge is 0.264 e. The molecule has 112 heavy (non-hydrogen) atoms. The predicted molar refractivity (Wildman–Crippen MR) is 440 cm³/mol. The van der Waals surface area contributed by atoms with Gasteiger partial charge in [0.1, 0.15) is 4.90 Å². The maximum Gasteiger partial charge on any atom is 0.264 e. The van der Waals surface area contributed by atoms with Crippen LogP contribution < -0.4 is 63.0 Å². The maximum absolute atomic E-state index is 13.0. The molecule has 6 fully saturated rings. The normalized spacial score (nSPS) is 18.2. The lowest BCUT2D eigenvalue weighted by atomic mass is 9.98. The Morgan fingerprint density at radius 3 is 1.04 bits per heavy atom. The number of methoxy groups -OCH3 is 3. The fourth-order valence-electron chi connectivity index (χ4n) is 15.1. The monoisotopic (exact) mass is 1680 g/mol. The number of ether oxygens (including phenoxy) is 6. The molecule has 0 radical (unpaired) electrons. The van der Waals surface area contributed by atoms with E-state index >= 15 is 0 Å². The van der Waals surface area contributed by atoms with E-state index in [-0.39, 0.29) is 78.5 Å². The van der Waals surface area contributed by atoms with Crippen molar-refractivity contribution in [1.82, 2.24) is 0 Å². The van der Waals surface area contributed by atoms with E-state index in [0.717, 1.165) is 66.7 Å². The summed E-state index contributed by atoms with van der Waals surface area (Å²) in [4.78, 5) is 44.2. The molecule has 3 heterocycles. The third-order valence-electron chi connectivity index (χ3n) is 20.8. The summed E-state index contributed by atoms with van der Waals surface area (Å²) < 4.78 is 121. The van der Waals surface area contributed by atoms with Crippen molar-refractivity contribution in [1.29, 1.82) is 0 Å². The molecule has 9 aromatic carbocycles. The van der Waals surface area contributed by atoms with Crippen LogP contribution in [0.4, 0.5) is 39.8 Å². The Bertz CT molecular complexity index is 5060. The van der Waals surface area contributed by atoms with E-state index in [0.29, 0.717) is 106 Å². The SMILES string of the molecule is COc1ccc(C2CC(=O)N(c3cccc(NS(=O)(=O)c4c(Cl)cccc4Cl)c3)C2)cc1OC1CCCC1.COc1ccc(C2CC(=O)N(c3cccc(NS(=O)(=O)c4cccc(Br)c4)c3)C2)cc1OC1CCCC1.COc1ccc(C2CC(=O)N(c3cccc(NS(=O)(=O)c4cccc(N)c4)c3)C2)cc1OC1CCCC1. The maximum atomic E-state index is 13.0. The van der Waals surface area contributed by atoms with Crippen LogP contribution >= 0.6 is 39.1 Å². The van der Waals surface area contributed by atoms with Crippen LogP contribution in [0.25, 0.3) is 0 Å². The molecular formula is C84H88BrCl2N7O15S3. The van der Waals surface area contributed by atoms with E-state index in [1.165, 1.54) is 68.9 Å². The molecule has 3 saturated heterocycles. The minimum atomic E-state index is -4.05. The lowest BCUT2D eigenvalue weighted by molar-refractivity contribution is -0.118. The van der Waals surface area contributed by atoms with Crippen molar-refractivity contribution >= 4 is 127 Å². The van der Waals surface area contributed by atoms with Crippen LogP contribution in [0.15, 0.2) is 213 Å². The molecule has 0 aromatic heterocycles. The van der Waals surface area contributed by atoms with Gasteiger partial charge in [0, 0.05) is 83.9 Å². The molecule has 6 aliphatic rings. The quantitative estimate of drug-likeness (QED) is 0.0409. The van der Waals surface area contributed by atoms with Gasteiger partial charge in [-0.3, -0.25) is 28.5 Å². The Morgan fingerprint density at radius 1 is 0.384 bits per heavy atom. The number of halogens is 3. The van der Waals surface area contributed by atoms with Crippen LogP contribution in [0.2, 0.25) is 10.0 Å². The van der Waals surface area contributed by atoms with Crippen molar-refractivity contribution in [3.05, 3.63) is 225 Å². The number of hydrogen-bond acceptors (Lipinski definition) is 16. The second-order valence-electron chi connectivity index (χ2n) is 28.6. The molecule has 5 N–H and O–H groups in total. The minimum absolute atomic E-state index is 0.00801. The summed E-state index contributed by atoms with van der Waals surface area (Å²) in [7, 11) is -6.76. The number of nitrogens with two attached hydrogens (primary N) is 1. The summed E-state index contributed by atoms with van der Waals surface area (Å²) in [6.45, 7) is 1.44. The summed E-state index contributed by atoms with van der Waals surface area (Å²) in [6.07, 6.45) is 14.9. The molecule has 3 amide bonds. The summed E-state index contributed by atoms with van der Waals surface area (Å²) in [5.74, 6) is 4.08. The van der Waals surface area contributed by atoms with E-state index < -0.39 is 30.1 Å². The number of carbonyl (C=O) groups excluding carboxylic acids is 3. The largest absolute Gasteiger partial charge is 0.493 e. The molecule has 3 unspecified atom stereocenters. The number of amides is 3. The lowest BCUT2D eigenvalue weighted by Crippen LogP contribution is -2.24. The fraction of sp³-hybridized carbons (Fsp3) is 0.321. The first-order valence-electron chi connectivity index (χ1n) is 37.3. The lowest BCUT2D eigenvalue weighted by Gasteiger charge is -2.20. The zero-order valence-electron chi connectivity index (χ0n) is 62.1. The van der Waals surface area contributed by atoms with Gasteiger partial charge in [0.25, 0.3) is 30.1 Å². The number of carbonyl (C=O) groups is 3. The molecule has 3 saturated carbocycles. The zero-order valence-corrected chi connectivity index (χ0v) is 67.6. The van der Waals surface area contributed by atoms with E-state index in [2.05, 4.69) is 30.1 Å². The highest BCUT2D eigenvalue weighted by Gasteiger charge is 2.37. The number of benzene rings is 9. The molecule has 15 rings (SSSR count). The number of hydrogen-bond donors (Lipinski definition) is 4. The van der Waals surface area contributed by atoms with Gasteiger partial charge in [-0.1, -0.05) is 93.7 Å². The van der Waals surface area contributed by atoms with E-state index in [9.17, 15) is 39.6 Å². The first-order chi connectivity index (χ1) is 53.9. The van der Waals surface area contributed by atoms with Gasteiger partial charge >= 0.3 is 0 Å². The third kappa shape index (κ3) is 19.5. The van der Waals surface area contributed by atoms with E-state index in [1.807, 2.05) is 60.7 Å². The average molecular weight is 1680 g/mol. The predicted octanol–water partition coefficient (Wildman–Crippen LogP) is 17.7. The van der Waals surface area contributed by atoms with E-state index in [4.69, 9.17) is 57.4 Å². The van der Waals surface area contributed by atoms with Gasteiger partial charge < -0.3 is 48.9 Å². The van der Waals surface area contributed by atoms with Crippen LogP contribution in [0.1, 0.15) is 131 Å². The molecule has 9 aromatic rings. The van der Waals surface area contributed by atoms with Crippen molar-refractivity contribution in [2.75, 3.05) is 75.6 Å². The number of anilines is 7. The molecule has 588 valence electrons. The van der Waals surface area contributed by atoms with Gasteiger partial charge in [-0.15, -0.1) is 0 Å². The Balaban J connectivity index is 0.000000147. The Morgan fingerprint density at radius 2 is 0.705 bits per heavy atom. The standard InChI is InChI=1S/C28H29BrN2O5S.C28H28Cl2N2O5S.C28H31N3O5S/c1-35-26-13-12-19(14-27(26)36-24-9-2-3-10-24)20-15-28(32)31(18-20)23-8-5-7-22(17-23)30-37(33,34)25-11-4-6-21(29)16-25;1-36-25-13-12-18(14-26(25)37-22-8-2-3-9-22)19-15-27(33)32(17-19)21-7-4-6-20(16-21)31-38(34,35)28-23(29)10-5-11-24(28)30;1-35-26-13-12-19(14-27(26)36-24-9-2-3-10-24)20-15-28(32)31(18-20)23-8-5-7-22(17-23)30-37(33,34)25-11-4-6-21(29)16-25/h4-8,11-14,16-17,20,24,30H,2-3,9-10,15,18H2,1H3;4-7,10-14,16,19,22,31H,2-3,8-9,15,17H2,1H3;4-8,11-14,16-17,20,24,30H,2-3,9-10,15,18,29H2,1H3. The highest BCUT2D eigenvalue weighted by molar-refractivity contribution is 9.10. The van der Waals surface area contributed by atoms with Crippen LogP contribution in [0.5, 0.6) is 34.5 Å². The molecule has 28 heteroatoms. The summed E-state index contributed by atoms with van der Waals surface area (Å²) in [5, 5.41) is 0.0453. The van der Waals surface area contributed by atoms with Crippen LogP contribution in [0, 0.1) is 0 Å². The van der Waals surface area contributed by atoms with Gasteiger partial charge in [0.15, 0.2) is 34.5 Å². The number of sulfonamides is 3. The molecule has 3 aliphatic carbocycles. The molecule has 3 atom stereocenters. The summed E-state index contributed by atoms with van der Waals surface area (Å²) in [6, 6.07) is 55.3. The second kappa shape index (κ2) is 35.6. The van der Waals surface area contributed by atoms with Gasteiger partial charge in [0.2, 0.25) is 17.7 Å². The Labute approximate surface area is 672 Å². The Hall–Kier alpha value is -9.70. The van der Waals surface area contributed by atoms with Gasteiger partial charge in [-0.2, -0.15) is 0 Å². The highest BCUT2D eigenvalue weighted by Crippen LogP contribution is 2.44. The minimum Gasteiger partial charge on any atom is -0.493 e. The summed E-state index contributed by atoms with van der Waals surface area (Å²) >= 11 is 15.5. The number of nitrogen functional groups attached to an aromatic ring is 1. The molecule has 3 aliphatic heterocycles. The van der Waals surface area contributed by atoms with Crippen molar-refractivity contribution in [2.45, 2.75) is 147 Å². The molecular weight excluding hydrogens is 1590 g/mol. The fourth-order valence-corrected chi connectivity index (χ4v) is 20.1. The number of nitrogens with zero attached hydrogens (tertiary/aromatic N) is 3. The average Bonchev–Trinajstić information content (AvgIpc) is 1.19. The van der Waals surface area contributed by atoms with Crippen molar-refractivity contribution < 1.29 is 68.1 Å². The van der Waals surface area contributed by atoms with Crippen LogP contribution in [-0.2, 0) is 44.5 Å². The van der Waals surface area contributed by atoms with E-state index in [1.54, 1.807) is 139 Å². The van der Waals surface area contributed by atoms with Crippen molar-refractivity contribution in [3.8, 4) is 34.5 Å². The zero-order chi connectivity index (χ0) is 78.8. The van der Waals surface area contributed by atoms with Crippen LogP contribution in [0.3, 0.4) is 0 Å². The van der Waals surface area contributed by atoms with Gasteiger partial charge in [-0.05, 0) is 233 Å². The topological polar surface area (TPSA) is 281 Å².